The Morgan fingerprint density at radius 2 is 1.84 bits per heavy atom. The van der Waals surface area contributed by atoms with E-state index in [0.717, 1.165) is 6.07 Å². The van der Waals surface area contributed by atoms with Crippen molar-refractivity contribution in [3.05, 3.63) is 46.9 Å². The summed E-state index contributed by atoms with van der Waals surface area (Å²) in [7, 11) is -2.98. The van der Waals surface area contributed by atoms with Crippen LogP contribution >= 0.6 is 7.14 Å². The molecule has 5 rings (SSSR count). The highest BCUT2D eigenvalue weighted by molar-refractivity contribution is 7.71. The SMILES string of the molecule is Cc1nc(NCc2cc(N)cc(C(F)(F)F)c2C)c2cc(P3(=O)CCN(C(=O)C4(F)CC4)CC3)ncc2n1. The molecule has 0 atom stereocenters. The molecule has 13 heteroatoms. The topological polar surface area (TPSA) is 114 Å². The van der Waals surface area contributed by atoms with Gasteiger partial charge in [-0.05, 0) is 56.0 Å². The molecule has 1 saturated carbocycles. The summed E-state index contributed by atoms with van der Waals surface area (Å²) in [6.07, 6.45) is -2.21. The number of nitrogens with zero attached hydrogens (tertiary/aromatic N) is 4. The maximum atomic E-state index is 14.2. The van der Waals surface area contributed by atoms with Crippen molar-refractivity contribution in [3.63, 3.8) is 0 Å². The van der Waals surface area contributed by atoms with E-state index in [-0.39, 0.29) is 56.1 Å². The molecule has 2 aliphatic rings. The molecule has 1 aliphatic heterocycles. The van der Waals surface area contributed by atoms with Gasteiger partial charge in [-0.3, -0.25) is 9.78 Å². The largest absolute Gasteiger partial charge is 0.416 e. The van der Waals surface area contributed by atoms with Crippen LogP contribution in [-0.4, -0.2) is 56.8 Å². The summed E-state index contributed by atoms with van der Waals surface area (Å²) in [6, 6.07) is 4.03. The Hall–Kier alpha value is -3.27. The van der Waals surface area contributed by atoms with Gasteiger partial charge in [-0.15, -0.1) is 0 Å². The van der Waals surface area contributed by atoms with Gasteiger partial charge in [0.15, 0.2) is 5.67 Å². The number of pyridine rings is 1. The zero-order valence-electron chi connectivity index (χ0n) is 20.9. The molecule has 1 aromatic carbocycles. The third-order valence-corrected chi connectivity index (χ3v) is 10.1. The summed E-state index contributed by atoms with van der Waals surface area (Å²) < 4.78 is 68.4. The Bertz CT molecular complexity index is 1480. The van der Waals surface area contributed by atoms with Crippen LogP contribution in [0.25, 0.3) is 10.9 Å². The predicted octanol–water partition coefficient (Wildman–Crippen LogP) is 4.19. The number of benzene rings is 1. The Morgan fingerprint density at radius 3 is 2.47 bits per heavy atom. The molecule has 3 N–H and O–H groups in total. The van der Waals surface area contributed by atoms with Crippen molar-refractivity contribution in [3.8, 4) is 0 Å². The normalized spacial score (nSPS) is 18.4. The Morgan fingerprint density at radius 1 is 1.16 bits per heavy atom. The molecule has 1 amide bonds. The molecular weight excluding hydrogens is 523 g/mol. The number of alkyl halides is 4. The fraction of sp³-hybridized carbons (Fsp3) is 0.440. The number of aryl methyl sites for hydroxylation is 1. The minimum absolute atomic E-state index is 0.00164. The second-order valence-electron chi connectivity index (χ2n) is 9.98. The van der Waals surface area contributed by atoms with E-state index in [1.54, 1.807) is 13.0 Å². The van der Waals surface area contributed by atoms with E-state index >= 15 is 0 Å². The highest BCUT2D eigenvalue weighted by atomic mass is 31.2. The molecule has 2 fully saturated rings. The lowest BCUT2D eigenvalue weighted by Gasteiger charge is -2.32. The van der Waals surface area contributed by atoms with Gasteiger partial charge in [-0.1, -0.05) is 0 Å². The predicted molar refractivity (Wildman–Crippen MR) is 137 cm³/mol. The van der Waals surface area contributed by atoms with Gasteiger partial charge in [0.25, 0.3) is 5.91 Å². The maximum absolute atomic E-state index is 14.2. The Balaban J connectivity index is 1.41. The Labute approximate surface area is 216 Å². The van der Waals surface area contributed by atoms with Crippen molar-refractivity contribution in [1.82, 2.24) is 19.9 Å². The van der Waals surface area contributed by atoms with Crippen molar-refractivity contribution >= 4 is 40.9 Å². The number of amides is 1. The summed E-state index contributed by atoms with van der Waals surface area (Å²) in [5, 5.41) is 3.61. The average Bonchev–Trinajstić information content (AvgIpc) is 3.61. The molecule has 0 spiro atoms. The number of halogens is 4. The van der Waals surface area contributed by atoms with Crippen LogP contribution in [0.3, 0.4) is 0 Å². The standard InChI is InChI=1S/C25H27F4N6O2P/c1-14-16(9-17(30)10-19(14)25(27,28)29)12-32-22-18-11-21(31-13-20(18)33-15(2)34-22)38(37)7-5-35(6-8-38)23(36)24(26)3-4-24/h9-11,13H,3-8,12,30H2,1-2H3,(H,32,33,34). The van der Waals surface area contributed by atoms with Crippen LogP contribution in [0.5, 0.6) is 0 Å². The molecule has 1 saturated heterocycles. The maximum Gasteiger partial charge on any atom is 0.416 e. The number of nitrogens with one attached hydrogen (secondary N) is 1. The minimum atomic E-state index is -4.54. The summed E-state index contributed by atoms with van der Waals surface area (Å²) in [4.78, 5) is 27.0. The van der Waals surface area contributed by atoms with Gasteiger partial charge in [0.05, 0.1) is 17.3 Å². The lowest BCUT2D eigenvalue weighted by atomic mass is 10.0. The van der Waals surface area contributed by atoms with E-state index in [9.17, 15) is 26.9 Å². The van der Waals surface area contributed by atoms with E-state index in [0.29, 0.717) is 33.5 Å². The highest BCUT2D eigenvalue weighted by Crippen LogP contribution is 2.48. The molecule has 3 heterocycles. The number of carbonyl (C=O) groups is 1. The molecule has 2 aromatic heterocycles. The Kier molecular flexibility index (Phi) is 6.37. The monoisotopic (exact) mass is 550 g/mol. The van der Waals surface area contributed by atoms with Gasteiger partial charge in [-0.25, -0.2) is 14.4 Å². The van der Waals surface area contributed by atoms with Crippen molar-refractivity contribution in [2.45, 2.75) is 45.1 Å². The lowest BCUT2D eigenvalue weighted by molar-refractivity contribution is -0.138. The van der Waals surface area contributed by atoms with E-state index < -0.39 is 30.5 Å². The molecule has 0 unspecified atom stereocenters. The third kappa shape index (κ3) is 4.93. The summed E-state index contributed by atoms with van der Waals surface area (Å²) in [5.41, 5.74) is 4.44. The van der Waals surface area contributed by atoms with Crippen molar-refractivity contribution < 1.29 is 26.9 Å². The van der Waals surface area contributed by atoms with Crippen LogP contribution in [0, 0.1) is 13.8 Å². The molecule has 8 nitrogen and oxygen atoms in total. The summed E-state index contributed by atoms with van der Waals surface area (Å²) in [5.74, 6) is 0.254. The minimum Gasteiger partial charge on any atom is -0.399 e. The zero-order valence-corrected chi connectivity index (χ0v) is 21.8. The van der Waals surface area contributed by atoms with Gasteiger partial charge in [-0.2, -0.15) is 13.2 Å². The first-order valence-corrected chi connectivity index (χ1v) is 14.3. The number of aromatic nitrogens is 3. The first kappa shape index (κ1) is 26.3. The van der Waals surface area contributed by atoms with Crippen molar-refractivity contribution in [2.24, 2.45) is 0 Å². The van der Waals surface area contributed by atoms with Crippen molar-refractivity contribution in [2.75, 3.05) is 36.5 Å². The van der Waals surface area contributed by atoms with E-state index in [4.69, 9.17) is 5.73 Å². The highest BCUT2D eigenvalue weighted by Gasteiger charge is 2.53. The van der Waals surface area contributed by atoms with Gasteiger partial charge < -0.3 is 20.5 Å². The lowest BCUT2D eigenvalue weighted by Crippen LogP contribution is -2.45. The number of hydrogen-bond acceptors (Lipinski definition) is 7. The number of nitrogens with two attached hydrogens (primary N) is 1. The van der Waals surface area contributed by atoms with Gasteiger partial charge in [0, 0.05) is 43.0 Å². The first-order valence-electron chi connectivity index (χ1n) is 12.2. The summed E-state index contributed by atoms with van der Waals surface area (Å²) >= 11 is 0. The number of anilines is 2. The van der Waals surface area contributed by atoms with Gasteiger partial charge in [0.1, 0.15) is 24.2 Å². The van der Waals surface area contributed by atoms with E-state index in [1.807, 2.05) is 0 Å². The molecule has 0 radical (unpaired) electrons. The first-order chi connectivity index (χ1) is 17.8. The van der Waals surface area contributed by atoms with Crippen LogP contribution < -0.4 is 16.5 Å². The fourth-order valence-corrected chi connectivity index (χ4v) is 7.22. The number of hydrogen-bond donors (Lipinski definition) is 2. The van der Waals surface area contributed by atoms with Crippen LogP contribution in [-0.2, 0) is 22.1 Å². The van der Waals surface area contributed by atoms with Crippen LogP contribution in [0.15, 0.2) is 24.4 Å². The zero-order chi connectivity index (χ0) is 27.5. The van der Waals surface area contributed by atoms with Crippen LogP contribution in [0.4, 0.5) is 29.1 Å². The van der Waals surface area contributed by atoms with E-state index in [1.165, 1.54) is 24.1 Å². The number of nitrogen functional groups attached to an aromatic ring is 1. The fourth-order valence-electron chi connectivity index (χ4n) is 4.78. The molecular formula is C25H27F4N6O2P. The van der Waals surface area contributed by atoms with Crippen molar-refractivity contribution in [1.29, 1.82) is 0 Å². The molecule has 3 aromatic rings. The van der Waals surface area contributed by atoms with Crippen LogP contribution in [0.2, 0.25) is 0 Å². The van der Waals surface area contributed by atoms with Gasteiger partial charge in [0.2, 0.25) is 0 Å². The summed E-state index contributed by atoms with van der Waals surface area (Å²) in [6.45, 7) is 3.46. The molecule has 202 valence electrons. The molecule has 1 aliphatic carbocycles. The smallest absolute Gasteiger partial charge is 0.399 e. The number of rotatable bonds is 5. The average molecular weight is 550 g/mol. The van der Waals surface area contributed by atoms with Gasteiger partial charge >= 0.3 is 6.18 Å². The number of carbonyl (C=O) groups excluding carboxylic acids is 1. The van der Waals surface area contributed by atoms with E-state index in [2.05, 4.69) is 20.3 Å². The second-order valence-corrected chi connectivity index (χ2v) is 13.1. The second kappa shape index (κ2) is 9.18. The number of fused-ring (bicyclic) bond motifs is 1. The molecule has 0 bridgehead atoms. The van der Waals surface area contributed by atoms with Crippen LogP contribution in [0.1, 0.15) is 35.4 Å². The quantitative estimate of drug-likeness (QED) is 0.278. The third-order valence-electron chi connectivity index (χ3n) is 7.21. The molecule has 38 heavy (non-hydrogen) atoms.